The number of furan rings is 1. The second-order valence-corrected chi connectivity index (χ2v) is 7.76. The molecule has 0 aliphatic carbocycles. The van der Waals surface area contributed by atoms with E-state index in [4.69, 9.17) is 24.2 Å². The first-order valence-corrected chi connectivity index (χ1v) is 9.61. The van der Waals surface area contributed by atoms with Crippen LogP contribution in [0.2, 0.25) is 0 Å². The SMILES string of the molecule is O=C(O)C(=O)O.O=S(=O)(c1ccc(F)cc1)N1CCN(Cc2ccco2)CC1. The van der Waals surface area contributed by atoms with Crippen LogP contribution in [0.1, 0.15) is 5.76 Å². The van der Waals surface area contributed by atoms with Gasteiger partial charge in [-0.2, -0.15) is 4.31 Å². The maximum Gasteiger partial charge on any atom is 0.414 e. The number of piperazine rings is 1. The van der Waals surface area contributed by atoms with Crippen LogP contribution in [0.15, 0.2) is 52.0 Å². The molecular weight excluding hydrogens is 395 g/mol. The number of carboxylic acids is 2. The van der Waals surface area contributed by atoms with E-state index >= 15 is 0 Å². The third-order valence-corrected chi connectivity index (χ3v) is 5.84. The predicted octanol–water partition coefficient (Wildman–Crippen LogP) is 1.08. The Labute approximate surface area is 160 Å². The fraction of sp³-hybridized carbons (Fsp3) is 0.294. The van der Waals surface area contributed by atoms with Crippen molar-refractivity contribution in [3.05, 3.63) is 54.2 Å². The molecule has 0 radical (unpaired) electrons. The van der Waals surface area contributed by atoms with Crippen LogP contribution in [-0.2, 0) is 26.2 Å². The van der Waals surface area contributed by atoms with E-state index in [1.807, 2.05) is 12.1 Å². The molecule has 1 aromatic carbocycles. The zero-order chi connectivity index (χ0) is 20.7. The van der Waals surface area contributed by atoms with Crippen LogP contribution in [0.3, 0.4) is 0 Å². The number of aliphatic carboxylic acids is 2. The lowest BCUT2D eigenvalue weighted by molar-refractivity contribution is -0.159. The van der Waals surface area contributed by atoms with E-state index in [2.05, 4.69) is 4.90 Å². The van der Waals surface area contributed by atoms with Gasteiger partial charge in [-0.15, -0.1) is 0 Å². The van der Waals surface area contributed by atoms with Crippen molar-refractivity contribution in [2.45, 2.75) is 11.4 Å². The van der Waals surface area contributed by atoms with Gasteiger partial charge >= 0.3 is 11.9 Å². The quantitative estimate of drug-likeness (QED) is 0.712. The van der Waals surface area contributed by atoms with Gasteiger partial charge in [-0.1, -0.05) is 0 Å². The summed E-state index contributed by atoms with van der Waals surface area (Å²) in [7, 11) is -3.55. The highest BCUT2D eigenvalue weighted by Gasteiger charge is 2.28. The zero-order valence-electron chi connectivity index (χ0n) is 14.7. The van der Waals surface area contributed by atoms with E-state index in [0.29, 0.717) is 32.7 Å². The molecule has 0 saturated carbocycles. The highest BCUT2D eigenvalue weighted by molar-refractivity contribution is 7.89. The Morgan fingerprint density at radius 1 is 1.00 bits per heavy atom. The Bertz CT molecular complexity index is 878. The third kappa shape index (κ3) is 5.87. The van der Waals surface area contributed by atoms with Crippen molar-refractivity contribution in [2.75, 3.05) is 26.2 Å². The van der Waals surface area contributed by atoms with Gasteiger partial charge in [0.15, 0.2) is 0 Å². The van der Waals surface area contributed by atoms with Crippen LogP contribution < -0.4 is 0 Å². The van der Waals surface area contributed by atoms with E-state index in [0.717, 1.165) is 5.76 Å². The van der Waals surface area contributed by atoms with E-state index in [-0.39, 0.29) is 4.90 Å². The van der Waals surface area contributed by atoms with Crippen molar-refractivity contribution in [1.29, 1.82) is 0 Å². The van der Waals surface area contributed by atoms with E-state index < -0.39 is 27.8 Å². The van der Waals surface area contributed by atoms with Gasteiger partial charge in [0, 0.05) is 26.2 Å². The molecule has 0 amide bonds. The summed E-state index contributed by atoms with van der Waals surface area (Å²) in [5.74, 6) is -3.22. The van der Waals surface area contributed by atoms with Gasteiger partial charge in [-0.05, 0) is 36.4 Å². The minimum Gasteiger partial charge on any atom is -0.473 e. The van der Waals surface area contributed by atoms with Crippen LogP contribution in [0.5, 0.6) is 0 Å². The highest BCUT2D eigenvalue weighted by atomic mass is 32.2. The first-order valence-electron chi connectivity index (χ1n) is 8.17. The molecule has 1 fully saturated rings. The molecule has 1 aromatic heterocycles. The molecule has 0 spiro atoms. The molecule has 1 saturated heterocycles. The largest absolute Gasteiger partial charge is 0.473 e. The molecule has 9 nitrogen and oxygen atoms in total. The second kappa shape index (κ2) is 9.44. The molecule has 1 aliphatic rings. The minimum absolute atomic E-state index is 0.133. The summed E-state index contributed by atoms with van der Waals surface area (Å²) in [6.45, 7) is 2.79. The van der Waals surface area contributed by atoms with Gasteiger partial charge in [0.2, 0.25) is 10.0 Å². The highest BCUT2D eigenvalue weighted by Crippen LogP contribution is 2.18. The maximum absolute atomic E-state index is 12.9. The molecule has 152 valence electrons. The van der Waals surface area contributed by atoms with Gasteiger partial charge in [-0.25, -0.2) is 22.4 Å². The molecule has 2 N–H and O–H groups in total. The van der Waals surface area contributed by atoms with Gasteiger partial charge in [0.25, 0.3) is 0 Å². The number of hydrogen-bond acceptors (Lipinski definition) is 6. The van der Waals surface area contributed by atoms with Crippen molar-refractivity contribution in [2.24, 2.45) is 0 Å². The molecule has 2 heterocycles. The summed E-state index contributed by atoms with van der Waals surface area (Å²) in [6, 6.07) is 8.69. The normalized spacial score (nSPS) is 15.5. The summed E-state index contributed by atoms with van der Waals surface area (Å²) >= 11 is 0. The molecule has 2 aromatic rings. The Balaban J connectivity index is 0.000000409. The number of carbonyl (C=O) groups is 2. The summed E-state index contributed by atoms with van der Waals surface area (Å²) in [5.41, 5.74) is 0. The Hall–Kier alpha value is -2.76. The molecule has 1 aliphatic heterocycles. The van der Waals surface area contributed by atoms with Crippen LogP contribution in [0.25, 0.3) is 0 Å². The lowest BCUT2D eigenvalue weighted by atomic mass is 10.3. The monoisotopic (exact) mass is 414 g/mol. The number of rotatable bonds is 4. The van der Waals surface area contributed by atoms with Gasteiger partial charge in [0.05, 0.1) is 17.7 Å². The first kappa shape index (κ1) is 21.5. The average Bonchev–Trinajstić information content (AvgIpc) is 3.16. The van der Waals surface area contributed by atoms with Gasteiger partial charge in [0.1, 0.15) is 11.6 Å². The Morgan fingerprint density at radius 2 is 1.57 bits per heavy atom. The number of halogens is 1. The maximum atomic E-state index is 12.9. The molecule has 28 heavy (non-hydrogen) atoms. The molecule has 0 atom stereocenters. The predicted molar refractivity (Wildman–Crippen MR) is 94.4 cm³/mol. The standard InChI is InChI=1S/C15H17FN2O3S.C2H2O4/c16-13-3-5-15(6-4-13)22(19,20)18-9-7-17(8-10-18)12-14-2-1-11-21-14;3-1(4)2(5)6/h1-6,11H,7-10,12H2;(H,3,4)(H,5,6). The second-order valence-electron chi connectivity index (χ2n) is 5.82. The summed E-state index contributed by atoms with van der Waals surface area (Å²) in [4.78, 5) is 20.5. The number of hydrogen-bond donors (Lipinski definition) is 2. The van der Waals surface area contributed by atoms with E-state index in [9.17, 15) is 12.8 Å². The number of carboxylic acid groups (broad SMARTS) is 2. The molecule has 3 rings (SSSR count). The number of benzene rings is 1. The summed E-state index contributed by atoms with van der Waals surface area (Å²) in [5, 5.41) is 14.8. The lowest BCUT2D eigenvalue weighted by Crippen LogP contribution is -2.48. The average molecular weight is 414 g/mol. The smallest absolute Gasteiger partial charge is 0.414 e. The molecular formula is C17H19FN2O7S. The fourth-order valence-corrected chi connectivity index (χ4v) is 3.93. The third-order valence-electron chi connectivity index (χ3n) is 3.93. The lowest BCUT2D eigenvalue weighted by Gasteiger charge is -2.33. The number of nitrogens with zero attached hydrogens (tertiary/aromatic N) is 2. The van der Waals surface area contributed by atoms with E-state index in [1.54, 1.807) is 6.26 Å². The zero-order valence-corrected chi connectivity index (χ0v) is 15.5. The summed E-state index contributed by atoms with van der Waals surface area (Å²) in [6.07, 6.45) is 1.63. The van der Waals surface area contributed by atoms with Gasteiger partial charge < -0.3 is 14.6 Å². The summed E-state index contributed by atoms with van der Waals surface area (Å²) < 4.78 is 44.6. The van der Waals surface area contributed by atoms with Crippen LogP contribution in [-0.4, -0.2) is 66.0 Å². The van der Waals surface area contributed by atoms with Crippen LogP contribution in [0, 0.1) is 5.82 Å². The van der Waals surface area contributed by atoms with Crippen molar-refractivity contribution >= 4 is 22.0 Å². The fourth-order valence-electron chi connectivity index (χ4n) is 2.51. The minimum atomic E-state index is -3.55. The van der Waals surface area contributed by atoms with Crippen molar-refractivity contribution in [3.8, 4) is 0 Å². The van der Waals surface area contributed by atoms with Crippen molar-refractivity contribution in [3.63, 3.8) is 0 Å². The first-order chi connectivity index (χ1) is 13.2. The topological polar surface area (TPSA) is 128 Å². The molecule has 0 bridgehead atoms. The van der Waals surface area contributed by atoms with Gasteiger partial charge in [-0.3, -0.25) is 4.90 Å². The van der Waals surface area contributed by atoms with Crippen LogP contribution in [0.4, 0.5) is 4.39 Å². The van der Waals surface area contributed by atoms with Crippen molar-refractivity contribution in [1.82, 2.24) is 9.21 Å². The van der Waals surface area contributed by atoms with Crippen molar-refractivity contribution < 1.29 is 37.0 Å². The molecule has 0 unspecified atom stereocenters. The Kier molecular flexibility index (Phi) is 7.26. The Morgan fingerprint density at radius 3 is 2.04 bits per heavy atom. The number of sulfonamides is 1. The molecule has 11 heteroatoms. The van der Waals surface area contributed by atoms with E-state index in [1.165, 1.54) is 28.6 Å². The van der Waals surface area contributed by atoms with Crippen LogP contribution >= 0.6 is 0 Å².